The van der Waals surface area contributed by atoms with Gasteiger partial charge in [-0.2, -0.15) is 0 Å². The van der Waals surface area contributed by atoms with Gasteiger partial charge in [-0.1, -0.05) is 30.0 Å². The number of esters is 1. The monoisotopic (exact) mass is 497 g/mol. The van der Waals surface area contributed by atoms with E-state index < -0.39 is 10.9 Å². The molecule has 0 N–H and O–H groups in total. The smallest absolute Gasteiger partial charge is 0.310 e. The zero-order chi connectivity index (χ0) is 22.4. The minimum Gasteiger partial charge on any atom is -0.466 e. The first-order valence-corrected chi connectivity index (χ1v) is 10.8. The van der Waals surface area contributed by atoms with Crippen molar-refractivity contribution in [2.45, 2.75) is 13.3 Å². The number of benzene rings is 2. The summed E-state index contributed by atoms with van der Waals surface area (Å²) in [5, 5.41) is 11.6. The van der Waals surface area contributed by atoms with Crippen molar-refractivity contribution in [2.75, 3.05) is 6.61 Å². The van der Waals surface area contributed by atoms with Crippen molar-refractivity contribution < 1.29 is 19.2 Å². The SMILES string of the molecule is CCOC(=O)Cc1cc(C(=O)c2ccc(C#Cc3ccccc3)c([N+](=O)[O-])c2)sc1Br. The van der Waals surface area contributed by atoms with Gasteiger partial charge in [0.15, 0.2) is 0 Å². The number of nitro groups is 1. The first kappa shape index (κ1) is 22.4. The molecular formula is C23H16BrNO5S. The van der Waals surface area contributed by atoms with Crippen LogP contribution in [0.1, 0.15) is 38.8 Å². The molecule has 0 radical (unpaired) electrons. The van der Waals surface area contributed by atoms with Crippen LogP contribution in [0.2, 0.25) is 0 Å². The lowest BCUT2D eigenvalue weighted by Crippen LogP contribution is -2.07. The van der Waals surface area contributed by atoms with Crippen LogP contribution in [0, 0.1) is 22.0 Å². The highest BCUT2D eigenvalue weighted by molar-refractivity contribution is 9.11. The van der Waals surface area contributed by atoms with E-state index in [9.17, 15) is 19.7 Å². The summed E-state index contributed by atoms with van der Waals surface area (Å²) >= 11 is 4.53. The lowest BCUT2D eigenvalue weighted by Gasteiger charge is -2.01. The molecule has 0 spiro atoms. The molecule has 1 aromatic heterocycles. The van der Waals surface area contributed by atoms with Gasteiger partial charge in [0, 0.05) is 17.2 Å². The maximum atomic E-state index is 12.9. The van der Waals surface area contributed by atoms with Crippen LogP contribution in [0.25, 0.3) is 0 Å². The van der Waals surface area contributed by atoms with Gasteiger partial charge in [-0.15, -0.1) is 11.3 Å². The summed E-state index contributed by atoms with van der Waals surface area (Å²) in [6.07, 6.45) is 0.0341. The molecule has 6 nitrogen and oxygen atoms in total. The molecule has 0 aliphatic carbocycles. The molecule has 0 aliphatic rings. The van der Waals surface area contributed by atoms with Crippen LogP contribution in [0.3, 0.4) is 0 Å². The third-order valence-electron chi connectivity index (χ3n) is 4.19. The highest BCUT2D eigenvalue weighted by Gasteiger charge is 2.21. The zero-order valence-electron chi connectivity index (χ0n) is 16.4. The van der Waals surface area contributed by atoms with Crippen LogP contribution in [-0.4, -0.2) is 23.3 Å². The van der Waals surface area contributed by atoms with E-state index in [1.807, 2.05) is 18.2 Å². The second-order valence-corrected chi connectivity index (χ2v) is 8.70. The van der Waals surface area contributed by atoms with Crippen molar-refractivity contribution in [3.63, 3.8) is 0 Å². The highest BCUT2D eigenvalue weighted by Crippen LogP contribution is 2.31. The number of thiophene rings is 1. The first-order chi connectivity index (χ1) is 14.9. The Morgan fingerprint density at radius 3 is 2.55 bits per heavy atom. The van der Waals surface area contributed by atoms with Crippen LogP contribution in [0.15, 0.2) is 58.4 Å². The highest BCUT2D eigenvalue weighted by atomic mass is 79.9. The Morgan fingerprint density at radius 1 is 1.13 bits per heavy atom. The zero-order valence-corrected chi connectivity index (χ0v) is 18.8. The standard InChI is InChI=1S/C23H16BrNO5S/c1-2-30-21(26)14-18-13-20(31-23(18)24)22(27)17-11-10-16(19(12-17)25(28)29)9-8-15-6-4-3-5-7-15/h3-7,10-13H,2,14H2,1H3. The molecule has 0 fully saturated rings. The molecule has 1 heterocycles. The lowest BCUT2D eigenvalue weighted by atomic mass is 10.0. The molecule has 3 rings (SSSR count). The summed E-state index contributed by atoms with van der Waals surface area (Å²) in [6.45, 7) is 1.99. The van der Waals surface area contributed by atoms with E-state index in [4.69, 9.17) is 4.74 Å². The Hall–Kier alpha value is -3.28. The van der Waals surface area contributed by atoms with E-state index >= 15 is 0 Å². The molecule has 0 amide bonds. The third-order valence-corrected chi connectivity index (χ3v) is 6.15. The Balaban J connectivity index is 1.89. The molecule has 0 atom stereocenters. The Bertz CT molecular complexity index is 1210. The minimum absolute atomic E-state index is 0.0341. The van der Waals surface area contributed by atoms with Crippen LogP contribution < -0.4 is 0 Å². The summed E-state index contributed by atoms with van der Waals surface area (Å²) in [4.78, 5) is 36.0. The molecule has 3 aromatic rings. The van der Waals surface area contributed by atoms with Gasteiger partial charge in [-0.3, -0.25) is 19.7 Å². The predicted molar refractivity (Wildman–Crippen MR) is 121 cm³/mol. The Kier molecular flexibility index (Phi) is 7.34. The molecule has 156 valence electrons. The summed E-state index contributed by atoms with van der Waals surface area (Å²) in [6, 6.07) is 14.9. The minimum atomic E-state index is -0.553. The van der Waals surface area contributed by atoms with Gasteiger partial charge in [0.25, 0.3) is 5.69 Å². The largest absolute Gasteiger partial charge is 0.466 e. The molecule has 0 saturated carbocycles. The number of nitro benzene ring substituents is 1. The number of hydrogen-bond donors (Lipinski definition) is 0. The van der Waals surface area contributed by atoms with E-state index in [0.717, 1.165) is 16.9 Å². The van der Waals surface area contributed by atoms with Crippen LogP contribution in [0.4, 0.5) is 5.69 Å². The topological polar surface area (TPSA) is 86.5 Å². The van der Waals surface area contributed by atoms with Gasteiger partial charge in [0.2, 0.25) is 5.78 Å². The van der Waals surface area contributed by atoms with E-state index in [0.29, 0.717) is 14.2 Å². The average Bonchev–Trinajstić information content (AvgIpc) is 3.12. The van der Waals surface area contributed by atoms with Gasteiger partial charge in [0.05, 0.1) is 26.6 Å². The number of nitrogens with zero attached hydrogens (tertiary/aromatic N) is 1. The van der Waals surface area contributed by atoms with Crippen molar-refractivity contribution >= 4 is 44.7 Å². The summed E-state index contributed by atoms with van der Waals surface area (Å²) in [5.41, 5.74) is 1.52. The lowest BCUT2D eigenvalue weighted by molar-refractivity contribution is -0.385. The fraction of sp³-hybridized carbons (Fsp3) is 0.130. The second-order valence-electron chi connectivity index (χ2n) is 6.33. The van der Waals surface area contributed by atoms with E-state index in [1.54, 1.807) is 25.1 Å². The van der Waals surface area contributed by atoms with Crippen LogP contribution >= 0.6 is 27.3 Å². The first-order valence-electron chi connectivity index (χ1n) is 9.23. The van der Waals surface area contributed by atoms with E-state index in [-0.39, 0.29) is 35.6 Å². The van der Waals surface area contributed by atoms with Crippen LogP contribution in [0.5, 0.6) is 0 Å². The average molecular weight is 498 g/mol. The molecule has 0 saturated heterocycles. The van der Waals surface area contributed by atoms with Gasteiger partial charge in [0.1, 0.15) is 5.56 Å². The Labute approximate surface area is 191 Å². The molecule has 0 bridgehead atoms. The molecule has 2 aromatic carbocycles. The summed E-state index contributed by atoms with van der Waals surface area (Å²) in [5.74, 6) is 4.93. The van der Waals surface area contributed by atoms with Gasteiger partial charge in [-0.25, -0.2) is 0 Å². The maximum absolute atomic E-state index is 12.9. The quantitative estimate of drug-likeness (QED) is 0.154. The van der Waals surface area contributed by atoms with Gasteiger partial charge >= 0.3 is 5.97 Å². The van der Waals surface area contributed by atoms with Gasteiger partial charge in [-0.05, 0) is 58.7 Å². The van der Waals surface area contributed by atoms with E-state index in [2.05, 4.69) is 27.8 Å². The fourth-order valence-corrected chi connectivity index (χ4v) is 4.38. The number of halogens is 1. The number of rotatable bonds is 6. The molecule has 0 unspecified atom stereocenters. The second kappa shape index (κ2) is 10.2. The number of hydrogen-bond acceptors (Lipinski definition) is 6. The maximum Gasteiger partial charge on any atom is 0.310 e. The number of ketones is 1. The normalized spacial score (nSPS) is 10.1. The predicted octanol–water partition coefficient (Wildman–Crippen LogP) is 5.16. The van der Waals surface area contributed by atoms with Crippen molar-refractivity contribution in [1.82, 2.24) is 0 Å². The summed E-state index contributed by atoms with van der Waals surface area (Å²) < 4.78 is 5.58. The van der Waals surface area contributed by atoms with Crippen molar-refractivity contribution in [1.29, 1.82) is 0 Å². The van der Waals surface area contributed by atoms with Crippen molar-refractivity contribution in [3.05, 3.63) is 95.6 Å². The fourth-order valence-electron chi connectivity index (χ4n) is 2.74. The number of carbonyl (C=O) groups excluding carboxylic acids is 2. The summed E-state index contributed by atoms with van der Waals surface area (Å²) in [7, 11) is 0. The molecule has 8 heteroatoms. The molecular weight excluding hydrogens is 482 g/mol. The Morgan fingerprint density at radius 2 is 1.87 bits per heavy atom. The van der Waals surface area contributed by atoms with Gasteiger partial charge < -0.3 is 4.74 Å². The molecule has 31 heavy (non-hydrogen) atoms. The molecule has 0 aliphatic heterocycles. The third kappa shape index (κ3) is 5.66. The van der Waals surface area contributed by atoms with Crippen molar-refractivity contribution in [2.24, 2.45) is 0 Å². The number of ether oxygens (including phenoxy) is 1. The van der Waals surface area contributed by atoms with Crippen molar-refractivity contribution in [3.8, 4) is 11.8 Å². The van der Waals surface area contributed by atoms with Crippen LogP contribution in [-0.2, 0) is 16.0 Å². The number of carbonyl (C=O) groups is 2. The van der Waals surface area contributed by atoms with E-state index in [1.165, 1.54) is 18.2 Å².